The molecular weight excluding hydrogens is 373 g/mol. The monoisotopic (exact) mass is 389 g/mol. The lowest BCUT2D eigenvalue weighted by molar-refractivity contribution is -0.226. The highest BCUT2D eigenvalue weighted by Crippen LogP contribution is 2.54. The Morgan fingerprint density at radius 1 is 1.11 bits per heavy atom. The molecule has 4 atom stereocenters. The summed E-state index contributed by atoms with van der Waals surface area (Å²) in [6.45, 7) is 2.25. The number of anilines is 1. The molecule has 4 unspecified atom stereocenters. The average molecular weight is 389 g/mol. The standard InChI is InChI=1S/C19H16FNO7/c1-9(22)26-18(27-10(2)23)19-8-7-13(28-19)14-15(19)17(25)21(16(14)24)12-5-3-11(20)4-6-12/h3-8,13-15,18H,1-2H3. The number of esters is 2. The lowest BCUT2D eigenvalue weighted by Gasteiger charge is -2.34. The van der Waals surface area contributed by atoms with E-state index in [0.29, 0.717) is 0 Å². The number of fused-ring (bicyclic) bond motifs is 5. The fraction of sp³-hybridized carbons (Fsp3) is 0.368. The molecule has 1 aromatic carbocycles. The molecule has 4 rings (SSSR count). The van der Waals surface area contributed by atoms with E-state index in [9.17, 15) is 23.6 Å². The molecule has 2 amide bonds. The minimum absolute atomic E-state index is 0.219. The van der Waals surface area contributed by atoms with Gasteiger partial charge in [0.25, 0.3) is 6.29 Å². The van der Waals surface area contributed by atoms with Gasteiger partial charge in [0.05, 0.1) is 23.6 Å². The Morgan fingerprint density at radius 2 is 1.71 bits per heavy atom. The van der Waals surface area contributed by atoms with E-state index in [4.69, 9.17) is 14.2 Å². The largest absolute Gasteiger partial charge is 0.422 e. The number of carbonyl (C=O) groups excluding carboxylic acids is 4. The Bertz CT molecular complexity index is 895. The van der Waals surface area contributed by atoms with Crippen LogP contribution >= 0.6 is 0 Å². The highest BCUT2D eigenvalue weighted by Gasteiger charge is 2.72. The van der Waals surface area contributed by atoms with Crippen molar-refractivity contribution in [1.29, 1.82) is 0 Å². The van der Waals surface area contributed by atoms with Crippen molar-refractivity contribution < 1.29 is 37.8 Å². The van der Waals surface area contributed by atoms with Crippen LogP contribution in [0.4, 0.5) is 10.1 Å². The average Bonchev–Trinajstić information content (AvgIpc) is 3.26. The number of benzene rings is 1. The van der Waals surface area contributed by atoms with E-state index in [1.54, 1.807) is 6.08 Å². The third-order valence-electron chi connectivity index (χ3n) is 5.08. The van der Waals surface area contributed by atoms with Gasteiger partial charge in [-0.25, -0.2) is 9.29 Å². The SMILES string of the molecule is CC(=O)OC(OC(C)=O)C12C=CC(O1)C1C(=O)N(c3ccc(F)cc3)C(=O)C12. The van der Waals surface area contributed by atoms with Gasteiger partial charge in [0.2, 0.25) is 11.8 Å². The second kappa shape index (κ2) is 6.23. The predicted octanol–water partition coefficient (Wildman–Crippen LogP) is 1.09. The molecule has 3 heterocycles. The maximum absolute atomic E-state index is 13.2. The van der Waals surface area contributed by atoms with Gasteiger partial charge in [-0.15, -0.1) is 0 Å². The zero-order chi connectivity index (χ0) is 20.2. The minimum Gasteiger partial charge on any atom is -0.422 e. The predicted molar refractivity (Wildman–Crippen MR) is 89.9 cm³/mol. The van der Waals surface area contributed by atoms with Gasteiger partial charge >= 0.3 is 11.9 Å². The van der Waals surface area contributed by atoms with Gasteiger partial charge in [-0.2, -0.15) is 0 Å². The lowest BCUT2D eigenvalue weighted by Crippen LogP contribution is -2.52. The van der Waals surface area contributed by atoms with Gasteiger partial charge in [-0.3, -0.25) is 19.2 Å². The van der Waals surface area contributed by atoms with Crippen LogP contribution in [-0.2, 0) is 33.4 Å². The molecule has 0 radical (unpaired) electrons. The van der Waals surface area contributed by atoms with Crippen LogP contribution in [0.2, 0.25) is 0 Å². The molecule has 9 heteroatoms. The molecule has 0 aromatic heterocycles. The third-order valence-corrected chi connectivity index (χ3v) is 5.08. The summed E-state index contributed by atoms with van der Waals surface area (Å²) in [5.41, 5.74) is -1.38. The van der Waals surface area contributed by atoms with E-state index in [2.05, 4.69) is 0 Å². The summed E-state index contributed by atoms with van der Waals surface area (Å²) < 4.78 is 29.3. The molecule has 2 fully saturated rings. The second-order valence-electron chi connectivity index (χ2n) is 6.84. The number of hydrogen-bond acceptors (Lipinski definition) is 7. The first-order valence-electron chi connectivity index (χ1n) is 8.59. The number of nitrogens with zero attached hydrogens (tertiary/aromatic N) is 1. The van der Waals surface area contributed by atoms with Gasteiger partial charge in [-0.05, 0) is 30.3 Å². The Balaban J connectivity index is 1.74. The topological polar surface area (TPSA) is 99.2 Å². The Labute approximate surface area is 158 Å². The van der Waals surface area contributed by atoms with E-state index < -0.39 is 59.4 Å². The zero-order valence-electron chi connectivity index (χ0n) is 15.0. The number of hydrogen-bond donors (Lipinski definition) is 0. The van der Waals surface area contributed by atoms with Crippen LogP contribution in [0, 0.1) is 17.7 Å². The summed E-state index contributed by atoms with van der Waals surface area (Å²) in [5, 5.41) is 0. The van der Waals surface area contributed by atoms with Crippen LogP contribution in [-0.4, -0.2) is 41.7 Å². The molecule has 2 bridgehead atoms. The fourth-order valence-electron chi connectivity index (χ4n) is 4.06. The van der Waals surface area contributed by atoms with Gasteiger partial charge in [0, 0.05) is 13.8 Å². The fourth-order valence-corrected chi connectivity index (χ4v) is 4.06. The molecule has 1 aromatic rings. The number of halogens is 1. The Morgan fingerprint density at radius 3 is 2.29 bits per heavy atom. The zero-order valence-corrected chi connectivity index (χ0v) is 15.0. The van der Waals surface area contributed by atoms with Crippen LogP contribution in [0.25, 0.3) is 0 Å². The normalized spacial score (nSPS) is 30.1. The summed E-state index contributed by atoms with van der Waals surface area (Å²) in [6.07, 6.45) is 0.819. The Hall–Kier alpha value is -3.07. The van der Waals surface area contributed by atoms with Crippen molar-refractivity contribution in [2.24, 2.45) is 11.8 Å². The van der Waals surface area contributed by atoms with E-state index in [-0.39, 0.29) is 5.69 Å². The van der Waals surface area contributed by atoms with E-state index in [1.165, 1.54) is 18.2 Å². The highest BCUT2D eigenvalue weighted by atomic mass is 19.1. The van der Waals surface area contributed by atoms with Gasteiger partial charge in [-0.1, -0.05) is 6.08 Å². The third kappa shape index (κ3) is 2.54. The molecule has 146 valence electrons. The highest BCUT2D eigenvalue weighted by molar-refractivity contribution is 6.23. The van der Waals surface area contributed by atoms with Crippen LogP contribution in [0.1, 0.15) is 13.8 Å². The number of amides is 2. The molecule has 2 saturated heterocycles. The lowest BCUT2D eigenvalue weighted by atomic mass is 9.76. The number of imide groups is 1. The van der Waals surface area contributed by atoms with Gasteiger partial charge < -0.3 is 14.2 Å². The van der Waals surface area contributed by atoms with Crippen molar-refractivity contribution in [3.8, 4) is 0 Å². The van der Waals surface area contributed by atoms with Crippen molar-refractivity contribution >= 4 is 29.4 Å². The summed E-state index contributed by atoms with van der Waals surface area (Å²) in [7, 11) is 0. The van der Waals surface area contributed by atoms with Crippen molar-refractivity contribution in [3.05, 3.63) is 42.2 Å². The van der Waals surface area contributed by atoms with Crippen molar-refractivity contribution in [1.82, 2.24) is 0 Å². The van der Waals surface area contributed by atoms with E-state index in [1.807, 2.05) is 0 Å². The molecule has 0 aliphatic carbocycles. The molecule has 0 N–H and O–H groups in total. The van der Waals surface area contributed by atoms with Crippen LogP contribution < -0.4 is 4.90 Å². The van der Waals surface area contributed by atoms with Crippen LogP contribution in [0.15, 0.2) is 36.4 Å². The Kier molecular flexibility index (Phi) is 4.07. The minimum atomic E-state index is -1.60. The first kappa shape index (κ1) is 18.3. The van der Waals surface area contributed by atoms with E-state index in [0.717, 1.165) is 30.9 Å². The molecular formula is C19H16FNO7. The number of carbonyl (C=O) groups is 4. The first-order valence-corrected chi connectivity index (χ1v) is 8.59. The number of rotatable bonds is 4. The quantitative estimate of drug-likeness (QED) is 0.329. The maximum atomic E-state index is 13.2. The van der Waals surface area contributed by atoms with Crippen molar-refractivity contribution in [3.63, 3.8) is 0 Å². The van der Waals surface area contributed by atoms with Gasteiger partial charge in [0.15, 0.2) is 5.60 Å². The summed E-state index contributed by atoms with van der Waals surface area (Å²) in [5.74, 6) is -5.01. The maximum Gasteiger partial charge on any atom is 0.305 e. The smallest absolute Gasteiger partial charge is 0.305 e. The summed E-state index contributed by atoms with van der Waals surface area (Å²) in [4.78, 5) is 50.2. The molecule has 28 heavy (non-hydrogen) atoms. The van der Waals surface area contributed by atoms with Crippen molar-refractivity contribution in [2.75, 3.05) is 4.90 Å². The molecule has 3 aliphatic heterocycles. The molecule has 3 aliphatic rings. The first-order chi connectivity index (χ1) is 13.2. The summed E-state index contributed by atoms with van der Waals surface area (Å²) >= 11 is 0. The van der Waals surface area contributed by atoms with Crippen molar-refractivity contribution in [2.45, 2.75) is 31.8 Å². The van der Waals surface area contributed by atoms with Crippen LogP contribution in [0.3, 0.4) is 0 Å². The van der Waals surface area contributed by atoms with E-state index >= 15 is 0 Å². The van der Waals surface area contributed by atoms with Crippen LogP contribution in [0.5, 0.6) is 0 Å². The van der Waals surface area contributed by atoms with Gasteiger partial charge in [0.1, 0.15) is 5.82 Å². The second-order valence-corrected chi connectivity index (χ2v) is 6.84. The molecule has 0 spiro atoms. The molecule has 0 saturated carbocycles. The number of ether oxygens (including phenoxy) is 3. The summed E-state index contributed by atoms with van der Waals surface area (Å²) in [6, 6.07) is 4.93. The molecule has 8 nitrogen and oxygen atoms in total.